The first-order valence-corrected chi connectivity index (χ1v) is 12.1. The lowest BCUT2D eigenvalue weighted by Crippen LogP contribution is -2.26. The molecule has 35 heavy (non-hydrogen) atoms. The van der Waals surface area contributed by atoms with Crippen LogP contribution >= 0.6 is 0 Å². The quantitative estimate of drug-likeness (QED) is 0.332. The van der Waals surface area contributed by atoms with Gasteiger partial charge < -0.3 is 15.0 Å². The summed E-state index contributed by atoms with van der Waals surface area (Å²) in [6.07, 6.45) is 2.52. The van der Waals surface area contributed by atoms with Gasteiger partial charge in [-0.15, -0.1) is 0 Å². The molecule has 178 valence electrons. The number of carboxylic acids is 1. The SMILES string of the molecule is Cc1c(C)n(Cc2cccc(C(=O)O)c2)c2ccc(C(=O)N[C@@H](C)c3cccc(C4CC4)c3)cc12. The third kappa shape index (κ3) is 4.59. The summed E-state index contributed by atoms with van der Waals surface area (Å²) in [6.45, 7) is 6.72. The van der Waals surface area contributed by atoms with Gasteiger partial charge in [0, 0.05) is 28.7 Å². The van der Waals surface area contributed by atoms with E-state index in [0.29, 0.717) is 18.0 Å². The van der Waals surface area contributed by atoms with Crippen molar-refractivity contribution in [1.82, 2.24) is 9.88 Å². The highest BCUT2D eigenvalue weighted by molar-refractivity contribution is 5.99. The van der Waals surface area contributed by atoms with Crippen molar-refractivity contribution in [2.45, 2.75) is 52.1 Å². The van der Waals surface area contributed by atoms with E-state index in [1.807, 2.05) is 31.2 Å². The molecule has 2 N–H and O–H groups in total. The number of carbonyl (C=O) groups is 2. The normalized spacial score (nSPS) is 14.1. The van der Waals surface area contributed by atoms with Gasteiger partial charge in [0.1, 0.15) is 0 Å². The minimum Gasteiger partial charge on any atom is -0.478 e. The molecule has 5 rings (SSSR count). The Morgan fingerprint density at radius 2 is 1.77 bits per heavy atom. The summed E-state index contributed by atoms with van der Waals surface area (Å²) in [5.74, 6) is -0.335. The molecule has 1 aromatic heterocycles. The Morgan fingerprint density at radius 3 is 2.51 bits per heavy atom. The molecule has 5 nitrogen and oxygen atoms in total. The standard InChI is InChI=1S/C30H30N2O3/c1-18-20(3)32(17-21-6-4-9-26(14-21)30(34)35)28-13-12-25(16-27(18)28)29(33)31-19(2)23-7-5-8-24(15-23)22-10-11-22/h4-9,12-16,19,22H,10-11,17H2,1-3H3,(H,31,33)(H,34,35)/t19-/m0/s1. The van der Waals surface area contributed by atoms with E-state index in [2.05, 4.69) is 48.0 Å². The van der Waals surface area contributed by atoms with Crippen LogP contribution in [0.5, 0.6) is 0 Å². The Morgan fingerprint density at radius 1 is 1.00 bits per heavy atom. The number of nitrogens with one attached hydrogen (secondary N) is 1. The van der Waals surface area contributed by atoms with E-state index in [4.69, 9.17) is 0 Å². The number of aromatic nitrogens is 1. The zero-order chi connectivity index (χ0) is 24.7. The molecule has 1 aliphatic rings. The van der Waals surface area contributed by atoms with E-state index >= 15 is 0 Å². The predicted molar refractivity (Wildman–Crippen MR) is 138 cm³/mol. The Labute approximate surface area is 205 Å². The first-order valence-electron chi connectivity index (χ1n) is 12.1. The van der Waals surface area contributed by atoms with Crippen LogP contribution in [-0.2, 0) is 6.54 Å². The number of hydrogen-bond acceptors (Lipinski definition) is 2. The highest BCUT2D eigenvalue weighted by atomic mass is 16.4. The number of rotatable bonds is 7. The fourth-order valence-corrected chi connectivity index (χ4v) is 4.84. The molecule has 5 heteroatoms. The number of aryl methyl sites for hydroxylation is 1. The summed E-state index contributed by atoms with van der Waals surface area (Å²) in [5.41, 5.74) is 7.59. The third-order valence-corrected chi connectivity index (χ3v) is 7.22. The molecule has 0 aliphatic heterocycles. The van der Waals surface area contributed by atoms with Crippen LogP contribution in [0.1, 0.15) is 80.4 Å². The van der Waals surface area contributed by atoms with Gasteiger partial charge in [0.15, 0.2) is 0 Å². The first-order chi connectivity index (χ1) is 16.8. The maximum absolute atomic E-state index is 13.1. The Hall–Kier alpha value is -3.86. The lowest BCUT2D eigenvalue weighted by atomic mass is 10.0. The number of hydrogen-bond donors (Lipinski definition) is 2. The first kappa shape index (κ1) is 22.9. The Kier molecular flexibility index (Phi) is 5.93. The molecule has 3 aromatic carbocycles. The van der Waals surface area contributed by atoms with Crippen molar-refractivity contribution in [3.63, 3.8) is 0 Å². The highest BCUT2D eigenvalue weighted by Crippen LogP contribution is 2.40. The molecule has 0 unspecified atom stereocenters. The maximum Gasteiger partial charge on any atom is 0.335 e. The van der Waals surface area contributed by atoms with Gasteiger partial charge in [-0.1, -0.05) is 36.4 Å². The highest BCUT2D eigenvalue weighted by Gasteiger charge is 2.24. The minimum absolute atomic E-state index is 0.0779. The van der Waals surface area contributed by atoms with Gasteiger partial charge in [-0.05, 0) is 92.1 Å². The lowest BCUT2D eigenvalue weighted by Gasteiger charge is -2.16. The van der Waals surface area contributed by atoms with Crippen molar-refractivity contribution in [3.05, 3.63) is 106 Å². The number of fused-ring (bicyclic) bond motifs is 1. The summed E-state index contributed by atoms with van der Waals surface area (Å²) in [6, 6.07) is 21.3. The zero-order valence-corrected chi connectivity index (χ0v) is 20.3. The number of benzene rings is 3. The molecule has 1 heterocycles. The van der Waals surface area contributed by atoms with Crippen LogP contribution in [0, 0.1) is 13.8 Å². The van der Waals surface area contributed by atoms with Gasteiger partial charge in [-0.3, -0.25) is 4.79 Å². The van der Waals surface area contributed by atoms with E-state index in [1.165, 1.54) is 18.4 Å². The molecule has 1 aliphatic carbocycles. The summed E-state index contributed by atoms with van der Waals surface area (Å²) < 4.78 is 2.18. The zero-order valence-electron chi connectivity index (χ0n) is 20.3. The Bertz CT molecular complexity index is 1450. The molecule has 0 radical (unpaired) electrons. The predicted octanol–water partition coefficient (Wildman–Crippen LogP) is 6.37. The van der Waals surface area contributed by atoms with Crippen molar-refractivity contribution in [2.75, 3.05) is 0 Å². The summed E-state index contributed by atoms with van der Waals surface area (Å²) >= 11 is 0. The molecule has 1 saturated carbocycles. The van der Waals surface area contributed by atoms with Crippen LogP contribution in [0.3, 0.4) is 0 Å². The number of amides is 1. The second kappa shape index (κ2) is 9.06. The lowest BCUT2D eigenvalue weighted by molar-refractivity contribution is 0.0696. The average Bonchev–Trinajstić information content (AvgIpc) is 3.69. The van der Waals surface area contributed by atoms with Crippen LogP contribution < -0.4 is 5.32 Å². The largest absolute Gasteiger partial charge is 0.478 e. The van der Waals surface area contributed by atoms with Crippen molar-refractivity contribution in [3.8, 4) is 0 Å². The second-order valence-electron chi connectivity index (χ2n) is 9.67. The molecular formula is C30H30N2O3. The van der Waals surface area contributed by atoms with E-state index in [9.17, 15) is 14.7 Å². The van der Waals surface area contributed by atoms with Crippen LogP contribution in [0.15, 0.2) is 66.7 Å². The van der Waals surface area contributed by atoms with E-state index in [1.54, 1.807) is 18.2 Å². The van der Waals surface area contributed by atoms with Crippen molar-refractivity contribution >= 4 is 22.8 Å². The summed E-state index contributed by atoms with van der Waals surface area (Å²) in [7, 11) is 0. The molecule has 0 saturated heterocycles. The number of nitrogens with zero attached hydrogens (tertiary/aromatic N) is 1. The van der Waals surface area contributed by atoms with Gasteiger partial charge in [0.2, 0.25) is 0 Å². The van der Waals surface area contributed by atoms with Crippen molar-refractivity contribution < 1.29 is 14.7 Å². The molecular weight excluding hydrogens is 436 g/mol. The van der Waals surface area contributed by atoms with Gasteiger partial charge in [-0.2, -0.15) is 0 Å². The maximum atomic E-state index is 13.1. The van der Waals surface area contributed by atoms with Crippen LogP contribution in [0.25, 0.3) is 10.9 Å². The second-order valence-corrected chi connectivity index (χ2v) is 9.67. The van der Waals surface area contributed by atoms with E-state index in [0.717, 1.165) is 33.3 Å². The molecule has 0 bridgehead atoms. The van der Waals surface area contributed by atoms with Crippen LogP contribution in [0.2, 0.25) is 0 Å². The smallest absolute Gasteiger partial charge is 0.335 e. The molecule has 0 spiro atoms. The molecule has 1 fully saturated rings. The van der Waals surface area contributed by atoms with Crippen molar-refractivity contribution in [1.29, 1.82) is 0 Å². The monoisotopic (exact) mass is 466 g/mol. The van der Waals surface area contributed by atoms with Gasteiger partial charge in [0.05, 0.1) is 11.6 Å². The third-order valence-electron chi connectivity index (χ3n) is 7.22. The van der Waals surface area contributed by atoms with Crippen molar-refractivity contribution in [2.24, 2.45) is 0 Å². The fourth-order valence-electron chi connectivity index (χ4n) is 4.84. The fraction of sp³-hybridized carbons (Fsp3) is 0.267. The number of carbonyl (C=O) groups excluding carboxylic acids is 1. The topological polar surface area (TPSA) is 71.3 Å². The minimum atomic E-state index is -0.929. The number of aromatic carboxylic acids is 1. The van der Waals surface area contributed by atoms with Crippen LogP contribution in [-0.4, -0.2) is 21.6 Å². The van der Waals surface area contributed by atoms with Gasteiger partial charge in [0.25, 0.3) is 5.91 Å². The van der Waals surface area contributed by atoms with E-state index in [-0.39, 0.29) is 17.5 Å². The number of carboxylic acid groups (broad SMARTS) is 1. The molecule has 4 aromatic rings. The van der Waals surface area contributed by atoms with Gasteiger partial charge >= 0.3 is 5.97 Å². The van der Waals surface area contributed by atoms with Gasteiger partial charge in [-0.25, -0.2) is 4.79 Å². The van der Waals surface area contributed by atoms with Crippen LogP contribution in [0.4, 0.5) is 0 Å². The average molecular weight is 467 g/mol. The summed E-state index contributed by atoms with van der Waals surface area (Å²) in [4.78, 5) is 24.5. The molecule has 1 amide bonds. The Balaban J connectivity index is 1.39. The molecule has 1 atom stereocenters. The summed E-state index contributed by atoms with van der Waals surface area (Å²) in [5, 5.41) is 13.5. The van der Waals surface area contributed by atoms with E-state index < -0.39 is 5.97 Å².